The molecule has 1 aromatic heterocycles. The van der Waals surface area contributed by atoms with Crippen LogP contribution < -0.4 is 10.9 Å². The number of aromatic nitrogens is 1. The van der Waals surface area contributed by atoms with Crippen LogP contribution in [0.25, 0.3) is 10.9 Å². The van der Waals surface area contributed by atoms with Crippen molar-refractivity contribution < 1.29 is 4.79 Å². The zero-order valence-electron chi connectivity index (χ0n) is 11.5. The highest BCUT2D eigenvalue weighted by Gasteiger charge is 2.05. The summed E-state index contributed by atoms with van der Waals surface area (Å²) in [6.07, 6.45) is 0.540. The van der Waals surface area contributed by atoms with Gasteiger partial charge in [-0.25, -0.2) is 0 Å². The lowest BCUT2D eigenvalue weighted by Gasteiger charge is -2.07. The predicted molar refractivity (Wildman–Crippen MR) is 76.4 cm³/mol. The van der Waals surface area contributed by atoms with Crippen LogP contribution in [0.1, 0.15) is 23.6 Å². The van der Waals surface area contributed by atoms with Crippen LogP contribution >= 0.6 is 0 Å². The monoisotopic (exact) mass is 258 g/mol. The molecule has 1 amide bonds. The highest BCUT2D eigenvalue weighted by atomic mass is 16.1. The number of rotatable bonds is 3. The Morgan fingerprint density at radius 1 is 1.26 bits per heavy atom. The Kier molecular flexibility index (Phi) is 3.69. The summed E-state index contributed by atoms with van der Waals surface area (Å²) in [4.78, 5) is 25.7. The van der Waals surface area contributed by atoms with Crippen LogP contribution in [0.3, 0.4) is 0 Å². The quantitative estimate of drug-likeness (QED) is 0.882. The SMILES string of the molecule is CC(=O)NCCc1cc2c(C)cc(C)cc2[nH]c1=O. The molecule has 0 unspecified atom stereocenters. The number of fused-ring (bicyclic) bond motifs is 1. The van der Waals surface area contributed by atoms with E-state index in [1.165, 1.54) is 6.92 Å². The third kappa shape index (κ3) is 3.02. The molecule has 1 heterocycles. The number of aromatic amines is 1. The van der Waals surface area contributed by atoms with E-state index >= 15 is 0 Å². The molecule has 100 valence electrons. The summed E-state index contributed by atoms with van der Waals surface area (Å²) in [5.74, 6) is -0.0796. The van der Waals surface area contributed by atoms with Crippen molar-refractivity contribution in [2.75, 3.05) is 6.54 Å². The van der Waals surface area contributed by atoms with E-state index in [2.05, 4.69) is 16.4 Å². The molecule has 0 spiro atoms. The van der Waals surface area contributed by atoms with Crippen molar-refractivity contribution in [2.24, 2.45) is 0 Å². The summed E-state index contributed by atoms with van der Waals surface area (Å²) < 4.78 is 0. The summed E-state index contributed by atoms with van der Waals surface area (Å²) in [6, 6.07) is 5.99. The van der Waals surface area contributed by atoms with Gasteiger partial charge in [0.1, 0.15) is 0 Å². The Balaban J connectivity index is 2.38. The van der Waals surface area contributed by atoms with Crippen LogP contribution in [-0.2, 0) is 11.2 Å². The van der Waals surface area contributed by atoms with Crippen molar-refractivity contribution in [3.8, 4) is 0 Å². The van der Waals surface area contributed by atoms with Crippen molar-refractivity contribution in [1.29, 1.82) is 0 Å². The molecule has 0 atom stereocenters. The maximum atomic E-state index is 12.0. The van der Waals surface area contributed by atoms with Crippen molar-refractivity contribution in [1.82, 2.24) is 10.3 Å². The van der Waals surface area contributed by atoms with E-state index in [1.54, 1.807) is 0 Å². The molecule has 0 aliphatic carbocycles. The van der Waals surface area contributed by atoms with Crippen LogP contribution in [-0.4, -0.2) is 17.4 Å². The molecule has 0 saturated carbocycles. The van der Waals surface area contributed by atoms with Gasteiger partial charge in [-0.1, -0.05) is 6.07 Å². The summed E-state index contributed by atoms with van der Waals surface area (Å²) >= 11 is 0. The molecule has 2 N–H and O–H groups in total. The van der Waals surface area contributed by atoms with Gasteiger partial charge >= 0.3 is 0 Å². The standard InChI is InChI=1S/C15H18N2O2/c1-9-6-10(2)13-8-12(4-5-16-11(3)18)15(19)17-14(13)7-9/h6-8H,4-5H2,1-3H3,(H,16,18)(H,17,19). The van der Waals surface area contributed by atoms with Gasteiger partial charge in [-0.2, -0.15) is 0 Å². The Morgan fingerprint density at radius 3 is 2.68 bits per heavy atom. The average molecular weight is 258 g/mol. The van der Waals surface area contributed by atoms with E-state index in [-0.39, 0.29) is 11.5 Å². The molecule has 0 saturated heterocycles. The minimum absolute atomic E-state index is 0.0796. The van der Waals surface area contributed by atoms with E-state index in [9.17, 15) is 9.59 Å². The smallest absolute Gasteiger partial charge is 0.251 e. The second-order valence-corrected chi connectivity index (χ2v) is 4.90. The fraction of sp³-hybridized carbons (Fsp3) is 0.333. The van der Waals surface area contributed by atoms with Gasteiger partial charge in [0.25, 0.3) is 5.56 Å². The van der Waals surface area contributed by atoms with Gasteiger partial charge in [0, 0.05) is 29.9 Å². The van der Waals surface area contributed by atoms with E-state index in [0.29, 0.717) is 18.5 Å². The highest BCUT2D eigenvalue weighted by Crippen LogP contribution is 2.18. The first-order valence-corrected chi connectivity index (χ1v) is 6.35. The third-order valence-electron chi connectivity index (χ3n) is 3.16. The van der Waals surface area contributed by atoms with E-state index < -0.39 is 0 Å². The molecule has 2 aromatic rings. The molecular formula is C15H18N2O2. The van der Waals surface area contributed by atoms with Crippen molar-refractivity contribution in [3.05, 3.63) is 45.2 Å². The predicted octanol–water partition coefficient (Wildman–Crippen LogP) is 1.82. The Hall–Kier alpha value is -2.10. The number of amides is 1. The number of aryl methyl sites for hydroxylation is 2. The second-order valence-electron chi connectivity index (χ2n) is 4.90. The first-order chi connectivity index (χ1) is 8.97. The number of pyridine rings is 1. The summed E-state index contributed by atoms with van der Waals surface area (Å²) in [5.41, 5.74) is 3.76. The molecule has 0 fully saturated rings. The van der Waals surface area contributed by atoms with Gasteiger partial charge < -0.3 is 10.3 Å². The fourth-order valence-electron chi connectivity index (χ4n) is 2.28. The van der Waals surface area contributed by atoms with Gasteiger partial charge in [0.05, 0.1) is 0 Å². The number of nitrogens with one attached hydrogen (secondary N) is 2. The van der Waals surface area contributed by atoms with Crippen molar-refractivity contribution >= 4 is 16.8 Å². The van der Waals surface area contributed by atoms with Crippen LogP contribution in [0, 0.1) is 13.8 Å². The number of H-pyrrole nitrogens is 1. The lowest BCUT2D eigenvalue weighted by molar-refractivity contribution is -0.118. The van der Waals surface area contributed by atoms with Gasteiger partial charge in [0.2, 0.25) is 5.91 Å². The first-order valence-electron chi connectivity index (χ1n) is 6.35. The van der Waals surface area contributed by atoms with Crippen LogP contribution in [0.4, 0.5) is 0 Å². The summed E-state index contributed by atoms with van der Waals surface area (Å²) in [6.45, 7) is 5.99. The topological polar surface area (TPSA) is 62.0 Å². The number of hydrogen-bond donors (Lipinski definition) is 2. The number of hydrogen-bond acceptors (Lipinski definition) is 2. The minimum Gasteiger partial charge on any atom is -0.356 e. The number of benzene rings is 1. The van der Waals surface area contributed by atoms with Crippen molar-refractivity contribution in [3.63, 3.8) is 0 Å². The van der Waals surface area contributed by atoms with E-state index in [0.717, 1.165) is 22.0 Å². The normalized spacial score (nSPS) is 10.7. The number of carbonyl (C=O) groups is 1. The van der Waals surface area contributed by atoms with Crippen LogP contribution in [0.2, 0.25) is 0 Å². The fourth-order valence-corrected chi connectivity index (χ4v) is 2.28. The van der Waals surface area contributed by atoms with Crippen molar-refractivity contribution in [2.45, 2.75) is 27.2 Å². The molecule has 2 rings (SSSR count). The molecule has 0 bridgehead atoms. The molecule has 0 aliphatic rings. The number of carbonyl (C=O) groups excluding carboxylic acids is 1. The van der Waals surface area contributed by atoms with Gasteiger partial charge in [-0.15, -0.1) is 0 Å². The van der Waals surface area contributed by atoms with Gasteiger partial charge in [0.15, 0.2) is 0 Å². The average Bonchev–Trinajstić information content (AvgIpc) is 2.29. The Morgan fingerprint density at radius 2 is 2.00 bits per heavy atom. The van der Waals surface area contributed by atoms with Gasteiger partial charge in [-0.05, 0) is 43.5 Å². The summed E-state index contributed by atoms with van der Waals surface area (Å²) in [7, 11) is 0. The van der Waals surface area contributed by atoms with Crippen LogP contribution in [0.5, 0.6) is 0 Å². The zero-order chi connectivity index (χ0) is 14.0. The largest absolute Gasteiger partial charge is 0.356 e. The van der Waals surface area contributed by atoms with Gasteiger partial charge in [-0.3, -0.25) is 9.59 Å². The maximum absolute atomic E-state index is 12.0. The second kappa shape index (κ2) is 5.26. The molecule has 4 nitrogen and oxygen atoms in total. The molecule has 4 heteroatoms. The van der Waals surface area contributed by atoms with E-state index in [1.807, 2.05) is 26.0 Å². The molecule has 1 aromatic carbocycles. The molecule has 0 aliphatic heterocycles. The highest BCUT2D eigenvalue weighted by molar-refractivity contribution is 5.83. The Labute approximate surface area is 111 Å². The van der Waals surface area contributed by atoms with Crippen LogP contribution in [0.15, 0.2) is 23.0 Å². The lowest BCUT2D eigenvalue weighted by atomic mass is 10.0. The maximum Gasteiger partial charge on any atom is 0.251 e. The summed E-state index contributed by atoms with van der Waals surface area (Å²) in [5, 5.41) is 3.76. The Bertz CT molecular complexity index is 686. The molecule has 19 heavy (non-hydrogen) atoms. The first kappa shape index (κ1) is 13.3. The lowest BCUT2D eigenvalue weighted by Crippen LogP contribution is -2.25. The van der Waals surface area contributed by atoms with E-state index in [4.69, 9.17) is 0 Å². The zero-order valence-corrected chi connectivity index (χ0v) is 11.5. The minimum atomic E-state index is -0.0807. The third-order valence-corrected chi connectivity index (χ3v) is 3.16. The molecular weight excluding hydrogens is 240 g/mol. The molecule has 0 radical (unpaired) electrons.